The van der Waals surface area contributed by atoms with Gasteiger partial charge in [-0.25, -0.2) is 0 Å². The Hall–Kier alpha value is -0.610. The average Bonchev–Trinajstić information content (AvgIpc) is 2.30. The van der Waals surface area contributed by atoms with Gasteiger partial charge in [0.1, 0.15) is 0 Å². The molecule has 2 rings (SSSR count). The summed E-state index contributed by atoms with van der Waals surface area (Å²) < 4.78 is 0. The third kappa shape index (κ3) is 1.02. The van der Waals surface area contributed by atoms with Crippen LogP contribution in [0.3, 0.4) is 0 Å². The van der Waals surface area contributed by atoms with Crippen molar-refractivity contribution >= 4 is 5.91 Å². The molecular formula is C7H13N3O. The lowest BCUT2D eigenvalue weighted by atomic mass is 10.1. The first kappa shape index (κ1) is 7.06. The Morgan fingerprint density at radius 1 is 1.64 bits per heavy atom. The van der Waals surface area contributed by atoms with Gasteiger partial charge in [0.15, 0.2) is 0 Å². The molecule has 0 aromatic heterocycles. The second kappa shape index (κ2) is 2.46. The Bertz CT molecular complexity index is 183. The summed E-state index contributed by atoms with van der Waals surface area (Å²) in [6, 6.07) is 0.131. The van der Waals surface area contributed by atoms with Gasteiger partial charge in [0.05, 0.1) is 6.04 Å². The van der Waals surface area contributed by atoms with E-state index in [0.717, 1.165) is 26.1 Å². The van der Waals surface area contributed by atoms with Crippen molar-refractivity contribution in [2.75, 3.05) is 19.6 Å². The number of nitrogens with one attached hydrogen (secondary N) is 1. The number of carbonyl (C=O) groups is 1. The van der Waals surface area contributed by atoms with Crippen LogP contribution in [0.1, 0.15) is 6.42 Å². The third-order valence-corrected chi connectivity index (χ3v) is 2.48. The highest BCUT2D eigenvalue weighted by atomic mass is 16.2. The molecule has 3 N–H and O–H groups in total. The zero-order valence-corrected chi connectivity index (χ0v) is 6.42. The summed E-state index contributed by atoms with van der Waals surface area (Å²) in [6.45, 7) is 2.66. The van der Waals surface area contributed by atoms with Crippen LogP contribution in [0.25, 0.3) is 0 Å². The van der Waals surface area contributed by atoms with E-state index in [0.29, 0.717) is 6.04 Å². The third-order valence-electron chi connectivity index (χ3n) is 2.48. The van der Waals surface area contributed by atoms with Crippen molar-refractivity contribution < 1.29 is 4.79 Å². The molecule has 2 fully saturated rings. The van der Waals surface area contributed by atoms with Gasteiger partial charge in [-0.2, -0.15) is 0 Å². The summed E-state index contributed by atoms with van der Waals surface area (Å²) in [6.07, 6.45) is 0.825. The van der Waals surface area contributed by atoms with E-state index in [1.807, 2.05) is 4.90 Å². The van der Waals surface area contributed by atoms with Gasteiger partial charge in [0, 0.05) is 25.7 Å². The topological polar surface area (TPSA) is 58.4 Å². The molecule has 2 aliphatic heterocycles. The number of hydrogen-bond donors (Lipinski definition) is 2. The molecule has 0 radical (unpaired) electrons. The Morgan fingerprint density at radius 3 is 3.18 bits per heavy atom. The monoisotopic (exact) mass is 155 g/mol. The van der Waals surface area contributed by atoms with Crippen molar-refractivity contribution in [2.45, 2.75) is 18.5 Å². The normalized spacial score (nSPS) is 37.5. The molecule has 62 valence electrons. The lowest BCUT2D eigenvalue weighted by molar-refractivity contribution is -0.130. The Kier molecular flexibility index (Phi) is 1.58. The summed E-state index contributed by atoms with van der Waals surface area (Å²) in [4.78, 5) is 13.2. The number of fused-ring (bicyclic) bond motifs is 1. The lowest BCUT2D eigenvalue weighted by Crippen LogP contribution is -2.49. The van der Waals surface area contributed by atoms with Gasteiger partial charge in [0.2, 0.25) is 5.91 Å². The zero-order chi connectivity index (χ0) is 7.84. The number of nitrogens with two attached hydrogens (primary N) is 1. The number of amides is 1. The predicted molar refractivity (Wildman–Crippen MR) is 41.0 cm³/mol. The standard InChI is InChI=1S/C7H13N3O/c8-6-3-5-4-9-1-2-10(5)7(6)11/h5-6,9H,1-4,8H2. The van der Waals surface area contributed by atoms with Crippen LogP contribution in [0.15, 0.2) is 0 Å². The summed E-state index contributed by atoms with van der Waals surface area (Å²) in [5.74, 6) is 0.136. The first-order valence-corrected chi connectivity index (χ1v) is 4.06. The molecule has 4 nitrogen and oxygen atoms in total. The van der Waals surface area contributed by atoms with Crippen LogP contribution < -0.4 is 11.1 Å². The fourth-order valence-electron chi connectivity index (χ4n) is 1.87. The molecule has 0 aromatic carbocycles. The van der Waals surface area contributed by atoms with Crippen molar-refractivity contribution in [3.05, 3.63) is 0 Å². The van der Waals surface area contributed by atoms with Crippen LogP contribution in [0, 0.1) is 0 Å². The van der Waals surface area contributed by atoms with Crippen LogP contribution in [0.2, 0.25) is 0 Å². The minimum Gasteiger partial charge on any atom is -0.336 e. The molecule has 0 saturated carbocycles. The molecule has 2 aliphatic rings. The van der Waals surface area contributed by atoms with Crippen molar-refractivity contribution in [1.29, 1.82) is 0 Å². The van der Waals surface area contributed by atoms with Gasteiger partial charge in [-0.1, -0.05) is 0 Å². The van der Waals surface area contributed by atoms with Crippen molar-refractivity contribution in [2.24, 2.45) is 5.73 Å². The molecule has 0 spiro atoms. The maximum atomic E-state index is 11.3. The fourth-order valence-corrected chi connectivity index (χ4v) is 1.87. The quantitative estimate of drug-likeness (QED) is 0.448. The van der Waals surface area contributed by atoms with Crippen LogP contribution in [-0.2, 0) is 4.79 Å². The number of piperazine rings is 1. The van der Waals surface area contributed by atoms with Crippen molar-refractivity contribution in [3.8, 4) is 0 Å². The van der Waals surface area contributed by atoms with Gasteiger partial charge in [-0.3, -0.25) is 4.79 Å². The second-order valence-corrected chi connectivity index (χ2v) is 3.23. The Morgan fingerprint density at radius 2 is 2.45 bits per heavy atom. The minimum absolute atomic E-state index is 0.136. The maximum Gasteiger partial charge on any atom is 0.239 e. The first-order valence-electron chi connectivity index (χ1n) is 4.06. The van der Waals surface area contributed by atoms with Crippen LogP contribution >= 0.6 is 0 Å². The highest BCUT2D eigenvalue weighted by Gasteiger charge is 2.38. The molecule has 0 bridgehead atoms. The van der Waals surface area contributed by atoms with Gasteiger partial charge in [0.25, 0.3) is 0 Å². The van der Waals surface area contributed by atoms with E-state index in [-0.39, 0.29) is 11.9 Å². The molecular weight excluding hydrogens is 142 g/mol. The summed E-state index contributed by atoms with van der Waals surface area (Å²) >= 11 is 0. The van der Waals surface area contributed by atoms with Gasteiger partial charge in [-0.05, 0) is 6.42 Å². The highest BCUT2D eigenvalue weighted by Crippen LogP contribution is 2.18. The smallest absolute Gasteiger partial charge is 0.239 e. The largest absolute Gasteiger partial charge is 0.336 e. The van der Waals surface area contributed by atoms with Crippen LogP contribution in [0.5, 0.6) is 0 Å². The Labute approximate surface area is 65.7 Å². The molecule has 2 heterocycles. The summed E-state index contributed by atoms with van der Waals surface area (Å²) in [5, 5.41) is 3.25. The van der Waals surface area contributed by atoms with E-state index in [4.69, 9.17) is 5.73 Å². The average molecular weight is 155 g/mol. The zero-order valence-electron chi connectivity index (χ0n) is 6.42. The molecule has 4 heteroatoms. The maximum absolute atomic E-state index is 11.3. The predicted octanol–water partition coefficient (Wildman–Crippen LogP) is -1.48. The van der Waals surface area contributed by atoms with E-state index < -0.39 is 0 Å². The van der Waals surface area contributed by atoms with Crippen LogP contribution in [-0.4, -0.2) is 42.5 Å². The number of nitrogens with zero attached hydrogens (tertiary/aromatic N) is 1. The molecule has 0 aromatic rings. The molecule has 2 saturated heterocycles. The molecule has 2 atom stereocenters. The number of hydrogen-bond acceptors (Lipinski definition) is 3. The second-order valence-electron chi connectivity index (χ2n) is 3.23. The van der Waals surface area contributed by atoms with E-state index >= 15 is 0 Å². The summed E-state index contributed by atoms with van der Waals surface area (Å²) in [7, 11) is 0. The van der Waals surface area contributed by atoms with Crippen LogP contribution in [0.4, 0.5) is 0 Å². The van der Waals surface area contributed by atoms with E-state index in [2.05, 4.69) is 5.32 Å². The SMILES string of the molecule is NC1CC2CNCCN2C1=O. The van der Waals surface area contributed by atoms with E-state index in [1.54, 1.807) is 0 Å². The fraction of sp³-hybridized carbons (Fsp3) is 0.857. The van der Waals surface area contributed by atoms with E-state index in [1.165, 1.54) is 0 Å². The molecule has 1 amide bonds. The minimum atomic E-state index is -0.236. The Balaban J connectivity index is 2.11. The number of rotatable bonds is 0. The molecule has 0 aliphatic carbocycles. The molecule has 2 unspecified atom stereocenters. The van der Waals surface area contributed by atoms with Crippen molar-refractivity contribution in [3.63, 3.8) is 0 Å². The van der Waals surface area contributed by atoms with Crippen molar-refractivity contribution in [1.82, 2.24) is 10.2 Å². The van der Waals surface area contributed by atoms with Gasteiger partial charge >= 0.3 is 0 Å². The first-order chi connectivity index (χ1) is 5.29. The van der Waals surface area contributed by atoms with E-state index in [9.17, 15) is 4.79 Å². The van der Waals surface area contributed by atoms with Gasteiger partial charge < -0.3 is 16.0 Å². The van der Waals surface area contributed by atoms with Gasteiger partial charge in [-0.15, -0.1) is 0 Å². The highest BCUT2D eigenvalue weighted by molar-refractivity contribution is 5.84. The molecule has 11 heavy (non-hydrogen) atoms. The summed E-state index contributed by atoms with van der Waals surface area (Å²) in [5.41, 5.74) is 5.62. The lowest BCUT2D eigenvalue weighted by Gasteiger charge is -2.29. The number of carbonyl (C=O) groups excluding carboxylic acids is 1.